The van der Waals surface area contributed by atoms with Gasteiger partial charge in [-0.3, -0.25) is 4.79 Å². The largest absolute Gasteiger partial charge is 0.480 e. The summed E-state index contributed by atoms with van der Waals surface area (Å²) in [5.74, 6) is -1.98. The topological polar surface area (TPSA) is 75.6 Å². The first-order valence-corrected chi connectivity index (χ1v) is 7.12. The van der Waals surface area contributed by atoms with Gasteiger partial charge in [-0.05, 0) is 19.1 Å². The Labute approximate surface area is 126 Å². The highest BCUT2D eigenvalue weighted by molar-refractivity contribution is 7.16. The van der Waals surface area contributed by atoms with Gasteiger partial charge in [0.15, 0.2) is 6.04 Å². The van der Waals surface area contributed by atoms with Crippen LogP contribution in [0, 0.1) is 0 Å². The van der Waals surface area contributed by atoms with Crippen LogP contribution < -0.4 is 5.32 Å². The minimum atomic E-state index is -1.14. The van der Waals surface area contributed by atoms with Gasteiger partial charge in [0, 0.05) is 4.88 Å². The molecule has 2 N–H and O–H groups in total. The quantitative estimate of drug-likeness (QED) is 0.570. The van der Waals surface area contributed by atoms with Gasteiger partial charge in [-0.15, -0.1) is 17.9 Å². The first-order valence-electron chi connectivity index (χ1n) is 5.92. The Morgan fingerprint density at radius 3 is 2.80 bits per heavy atom. The van der Waals surface area contributed by atoms with Gasteiger partial charge in [-0.25, -0.2) is 4.79 Å². The van der Waals surface area contributed by atoms with E-state index in [1.54, 1.807) is 19.1 Å². The SMILES string of the molecule is C=CCOCC(NC(=O)C(C)c1ccc(Cl)s1)C(=O)O. The van der Waals surface area contributed by atoms with E-state index in [1.807, 2.05) is 0 Å². The summed E-state index contributed by atoms with van der Waals surface area (Å²) in [7, 11) is 0. The molecule has 0 aliphatic carbocycles. The van der Waals surface area contributed by atoms with Crippen LogP contribution in [0.4, 0.5) is 0 Å². The second-order valence-electron chi connectivity index (χ2n) is 4.09. The molecule has 0 aliphatic rings. The molecule has 1 rings (SSSR count). The van der Waals surface area contributed by atoms with Crippen molar-refractivity contribution in [3.63, 3.8) is 0 Å². The molecule has 0 saturated carbocycles. The summed E-state index contributed by atoms with van der Waals surface area (Å²) < 4.78 is 5.65. The molecule has 5 nitrogen and oxygen atoms in total. The Morgan fingerprint density at radius 2 is 2.30 bits per heavy atom. The molecule has 0 aliphatic heterocycles. The van der Waals surface area contributed by atoms with Gasteiger partial charge < -0.3 is 15.2 Å². The average Bonchev–Trinajstić information content (AvgIpc) is 2.83. The Kier molecular flexibility index (Phi) is 6.70. The number of aliphatic carboxylic acids is 1. The van der Waals surface area contributed by atoms with Crippen molar-refractivity contribution in [1.82, 2.24) is 5.32 Å². The number of carboxylic acids is 1. The van der Waals surface area contributed by atoms with E-state index in [0.717, 1.165) is 4.88 Å². The number of hydrogen-bond donors (Lipinski definition) is 2. The van der Waals surface area contributed by atoms with Crippen molar-refractivity contribution >= 4 is 34.8 Å². The van der Waals surface area contributed by atoms with Gasteiger partial charge in [0.1, 0.15) is 0 Å². The third-order valence-electron chi connectivity index (χ3n) is 2.55. The van der Waals surface area contributed by atoms with Crippen LogP contribution in [0.1, 0.15) is 17.7 Å². The molecule has 1 heterocycles. The van der Waals surface area contributed by atoms with Crippen LogP contribution in [-0.4, -0.2) is 36.2 Å². The lowest BCUT2D eigenvalue weighted by atomic mass is 10.1. The summed E-state index contributed by atoms with van der Waals surface area (Å²) in [6, 6.07) is 2.37. The number of nitrogens with one attached hydrogen (secondary N) is 1. The lowest BCUT2D eigenvalue weighted by molar-refractivity contribution is -0.143. The zero-order valence-corrected chi connectivity index (χ0v) is 12.5. The maximum absolute atomic E-state index is 12.0. The van der Waals surface area contributed by atoms with E-state index < -0.39 is 17.9 Å². The van der Waals surface area contributed by atoms with Crippen molar-refractivity contribution in [2.45, 2.75) is 18.9 Å². The number of rotatable bonds is 8. The van der Waals surface area contributed by atoms with Crippen LogP contribution in [0.2, 0.25) is 4.34 Å². The standard InChI is InChI=1S/C13H16ClNO4S/c1-3-6-19-7-9(13(17)18)15-12(16)8(2)10-4-5-11(14)20-10/h3-5,8-9H,1,6-7H2,2H3,(H,15,16)(H,17,18). The van der Waals surface area contributed by atoms with Crippen molar-refractivity contribution in [2.24, 2.45) is 0 Å². The minimum Gasteiger partial charge on any atom is -0.480 e. The minimum absolute atomic E-state index is 0.106. The van der Waals surface area contributed by atoms with Gasteiger partial charge in [0.05, 0.1) is 23.5 Å². The summed E-state index contributed by atoms with van der Waals surface area (Å²) in [6.45, 7) is 5.28. The second kappa shape index (κ2) is 8.04. The average molecular weight is 318 g/mol. The molecule has 20 heavy (non-hydrogen) atoms. The van der Waals surface area contributed by atoms with Crippen LogP contribution in [0.3, 0.4) is 0 Å². The van der Waals surface area contributed by atoms with Crippen LogP contribution in [0.15, 0.2) is 24.8 Å². The van der Waals surface area contributed by atoms with Gasteiger partial charge in [0.25, 0.3) is 0 Å². The summed E-state index contributed by atoms with van der Waals surface area (Å²) >= 11 is 7.11. The number of carboxylic acid groups (broad SMARTS) is 1. The fourth-order valence-electron chi connectivity index (χ4n) is 1.43. The molecule has 0 bridgehead atoms. The molecule has 0 fully saturated rings. The van der Waals surface area contributed by atoms with Gasteiger partial charge in [-0.2, -0.15) is 0 Å². The molecular weight excluding hydrogens is 302 g/mol. The Morgan fingerprint density at radius 1 is 1.60 bits per heavy atom. The fourth-order valence-corrected chi connectivity index (χ4v) is 2.54. The molecule has 0 radical (unpaired) electrons. The van der Waals surface area contributed by atoms with Gasteiger partial charge in [-0.1, -0.05) is 17.7 Å². The lowest BCUT2D eigenvalue weighted by Crippen LogP contribution is -2.45. The number of carbonyl (C=O) groups excluding carboxylic acids is 1. The highest BCUT2D eigenvalue weighted by atomic mass is 35.5. The van der Waals surface area contributed by atoms with E-state index >= 15 is 0 Å². The third kappa shape index (κ3) is 4.96. The number of halogens is 1. The van der Waals surface area contributed by atoms with Crippen LogP contribution in [0.25, 0.3) is 0 Å². The Bertz CT molecular complexity index is 488. The van der Waals surface area contributed by atoms with Crippen molar-refractivity contribution < 1.29 is 19.4 Å². The van der Waals surface area contributed by atoms with E-state index in [4.69, 9.17) is 21.4 Å². The van der Waals surface area contributed by atoms with Crippen molar-refractivity contribution in [1.29, 1.82) is 0 Å². The summed E-state index contributed by atoms with van der Waals surface area (Å²) in [5.41, 5.74) is 0. The van der Waals surface area contributed by atoms with Crippen molar-refractivity contribution in [2.75, 3.05) is 13.2 Å². The Hall–Kier alpha value is -1.37. The van der Waals surface area contributed by atoms with E-state index in [1.165, 1.54) is 17.4 Å². The molecule has 1 aromatic rings. The zero-order chi connectivity index (χ0) is 15.1. The number of carbonyl (C=O) groups is 2. The fraction of sp³-hybridized carbons (Fsp3) is 0.385. The van der Waals surface area contributed by atoms with Gasteiger partial charge >= 0.3 is 5.97 Å². The smallest absolute Gasteiger partial charge is 0.328 e. The highest BCUT2D eigenvalue weighted by Crippen LogP contribution is 2.28. The number of thiophene rings is 1. The van der Waals surface area contributed by atoms with Crippen molar-refractivity contribution in [3.8, 4) is 0 Å². The molecule has 110 valence electrons. The monoisotopic (exact) mass is 317 g/mol. The predicted molar refractivity (Wildman–Crippen MR) is 78.3 cm³/mol. The molecule has 1 amide bonds. The number of hydrogen-bond acceptors (Lipinski definition) is 4. The molecule has 1 aromatic heterocycles. The maximum atomic E-state index is 12.0. The number of ether oxygens (including phenoxy) is 1. The lowest BCUT2D eigenvalue weighted by Gasteiger charge is -2.17. The molecule has 0 aromatic carbocycles. The second-order valence-corrected chi connectivity index (χ2v) is 5.84. The molecule has 2 unspecified atom stereocenters. The molecule has 0 spiro atoms. The molecule has 2 atom stereocenters. The third-order valence-corrected chi connectivity index (χ3v) is 3.96. The van der Waals surface area contributed by atoms with Crippen molar-refractivity contribution in [3.05, 3.63) is 34.0 Å². The first kappa shape index (κ1) is 16.7. The predicted octanol–water partition coefficient (Wildman–Crippen LogP) is 2.28. The molecular formula is C13H16ClNO4S. The Balaban J connectivity index is 2.60. The summed E-state index contributed by atoms with van der Waals surface area (Å²) in [6.07, 6.45) is 1.51. The van der Waals surface area contributed by atoms with Crippen LogP contribution in [0.5, 0.6) is 0 Å². The normalized spacial score (nSPS) is 13.5. The highest BCUT2D eigenvalue weighted by Gasteiger charge is 2.24. The zero-order valence-electron chi connectivity index (χ0n) is 11.0. The van der Waals surface area contributed by atoms with E-state index in [9.17, 15) is 9.59 Å². The summed E-state index contributed by atoms with van der Waals surface area (Å²) in [4.78, 5) is 23.8. The van der Waals surface area contributed by atoms with Crippen LogP contribution in [-0.2, 0) is 14.3 Å². The van der Waals surface area contributed by atoms with Gasteiger partial charge in [0.2, 0.25) is 5.91 Å². The van der Waals surface area contributed by atoms with E-state index in [0.29, 0.717) is 4.34 Å². The molecule has 0 saturated heterocycles. The van der Waals surface area contributed by atoms with E-state index in [2.05, 4.69) is 11.9 Å². The first-order chi connectivity index (χ1) is 9.45. The maximum Gasteiger partial charge on any atom is 0.328 e. The molecule has 7 heteroatoms. The number of amides is 1. The van der Waals surface area contributed by atoms with Crippen LogP contribution >= 0.6 is 22.9 Å². The summed E-state index contributed by atoms with van der Waals surface area (Å²) in [5, 5.41) is 11.5. The van der Waals surface area contributed by atoms with E-state index in [-0.39, 0.29) is 19.1 Å².